The average molecular weight is 380 g/mol. The molecule has 0 unspecified atom stereocenters. The molecule has 7 nitrogen and oxygen atoms in total. The lowest BCUT2D eigenvalue weighted by Crippen LogP contribution is -2.47. The molecular weight excluding hydrogens is 360 g/mol. The monoisotopic (exact) mass is 380 g/mol. The third-order valence-corrected chi connectivity index (χ3v) is 5.26. The van der Waals surface area contributed by atoms with Crippen molar-refractivity contribution in [2.24, 2.45) is 0 Å². The summed E-state index contributed by atoms with van der Waals surface area (Å²) >= 11 is 1.59. The first kappa shape index (κ1) is 17.4. The standard InChI is InChI=1S/C19H20N6OS/c26-18(13-16-3-1-12-27-16)23-15-4-5-17(22-14-15)24-8-10-25(11-9-24)19-20-6-2-7-21-19/h1-7,12,14H,8-11,13H2,(H,23,26). The predicted octanol–water partition coefficient (Wildman–Crippen LogP) is 2.44. The zero-order valence-electron chi connectivity index (χ0n) is 14.8. The Morgan fingerprint density at radius 1 is 1.00 bits per heavy atom. The number of anilines is 3. The lowest BCUT2D eigenvalue weighted by Gasteiger charge is -2.35. The number of piperazine rings is 1. The van der Waals surface area contributed by atoms with Gasteiger partial charge in [-0.05, 0) is 29.6 Å². The minimum Gasteiger partial charge on any atom is -0.353 e. The SMILES string of the molecule is O=C(Cc1cccs1)Nc1ccc(N2CCN(c3ncccn3)CC2)nc1. The van der Waals surface area contributed by atoms with Crippen LogP contribution in [0.3, 0.4) is 0 Å². The van der Waals surface area contributed by atoms with Gasteiger partial charge in [0.15, 0.2) is 0 Å². The molecule has 1 fully saturated rings. The van der Waals surface area contributed by atoms with E-state index in [1.54, 1.807) is 29.9 Å². The molecule has 1 aliphatic rings. The van der Waals surface area contributed by atoms with Crippen LogP contribution in [0.5, 0.6) is 0 Å². The van der Waals surface area contributed by atoms with E-state index in [4.69, 9.17) is 0 Å². The number of hydrogen-bond donors (Lipinski definition) is 1. The van der Waals surface area contributed by atoms with Crippen LogP contribution in [0.2, 0.25) is 0 Å². The molecule has 0 aliphatic carbocycles. The Bertz CT molecular complexity index is 861. The van der Waals surface area contributed by atoms with E-state index >= 15 is 0 Å². The number of rotatable bonds is 5. The Morgan fingerprint density at radius 2 is 1.78 bits per heavy atom. The highest BCUT2D eigenvalue weighted by molar-refractivity contribution is 7.10. The fourth-order valence-electron chi connectivity index (χ4n) is 3.01. The van der Waals surface area contributed by atoms with Gasteiger partial charge in [-0.15, -0.1) is 11.3 Å². The van der Waals surface area contributed by atoms with E-state index in [9.17, 15) is 4.79 Å². The number of nitrogens with one attached hydrogen (secondary N) is 1. The predicted molar refractivity (Wildman–Crippen MR) is 107 cm³/mol. The Kier molecular flexibility index (Phi) is 5.24. The van der Waals surface area contributed by atoms with Crippen LogP contribution in [-0.2, 0) is 11.2 Å². The molecule has 0 bridgehead atoms. The molecule has 8 heteroatoms. The van der Waals surface area contributed by atoms with Gasteiger partial charge in [0.05, 0.1) is 18.3 Å². The first-order valence-electron chi connectivity index (χ1n) is 8.83. The van der Waals surface area contributed by atoms with E-state index in [2.05, 4.69) is 30.1 Å². The fourth-order valence-corrected chi connectivity index (χ4v) is 3.72. The molecule has 3 aromatic heterocycles. The highest BCUT2D eigenvalue weighted by Crippen LogP contribution is 2.18. The lowest BCUT2D eigenvalue weighted by atomic mass is 10.3. The van der Waals surface area contributed by atoms with Crippen molar-refractivity contribution in [3.63, 3.8) is 0 Å². The molecule has 1 aliphatic heterocycles. The van der Waals surface area contributed by atoms with Gasteiger partial charge in [-0.3, -0.25) is 4.79 Å². The van der Waals surface area contributed by atoms with Crippen LogP contribution in [0.1, 0.15) is 4.88 Å². The van der Waals surface area contributed by atoms with Crippen molar-refractivity contribution in [2.75, 3.05) is 41.3 Å². The summed E-state index contributed by atoms with van der Waals surface area (Å²) in [6.07, 6.45) is 5.64. The molecule has 1 N–H and O–H groups in total. The van der Waals surface area contributed by atoms with Gasteiger partial charge in [0, 0.05) is 43.4 Å². The normalized spacial score (nSPS) is 14.2. The van der Waals surface area contributed by atoms with E-state index in [0.717, 1.165) is 48.5 Å². The number of carbonyl (C=O) groups is 1. The summed E-state index contributed by atoms with van der Waals surface area (Å²) < 4.78 is 0. The van der Waals surface area contributed by atoms with Crippen molar-refractivity contribution in [3.8, 4) is 0 Å². The number of nitrogens with zero attached hydrogens (tertiary/aromatic N) is 5. The largest absolute Gasteiger partial charge is 0.353 e. The number of pyridine rings is 1. The van der Waals surface area contributed by atoms with Crippen LogP contribution < -0.4 is 15.1 Å². The van der Waals surface area contributed by atoms with Crippen molar-refractivity contribution >= 4 is 34.7 Å². The number of thiophene rings is 1. The molecule has 1 saturated heterocycles. The first-order chi connectivity index (χ1) is 13.3. The Labute approximate surface area is 161 Å². The summed E-state index contributed by atoms with van der Waals surface area (Å²) in [5, 5.41) is 4.88. The summed E-state index contributed by atoms with van der Waals surface area (Å²) in [5.74, 6) is 1.66. The average Bonchev–Trinajstić information content (AvgIpc) is 3.22. The molecule has 0 spiro atoms. The third-order valence-electron chi connectivity index (χ3n) is 4.39. The van der Waals surface area contributed by atoms with Gasteiger partial charge < -0.3 is 15.1 Å². The maximum atomic E-state index is 12.1. The number of carbonyl (C=O) groups excluding carboxylic acids is 1. The van der Waals surface area contributed by atoms with E-state index in [0.29, 0.717) is 6.42 Å². The molecule has 1 amide bonds. The van der Waals surface area contributed by atoms with Crippen molar-refractivity contribution in [1.29, 1.82) is 0 Å². The van der Waals surface area contributed by atoms with Gasteiger partial charge in [0.25, 0.3) is 0 Å². The van der Waals surface area contributed by atoms with Crippen LogP contribution in [0.4, 0.5) is 17.5 Å². The topological polar surface area (TPSA) is 74.2 Å². The van der Waals surface area contributed by atoms with Gasteiger partial charge >= 0.3 is 0 Å². The van der Waals surface area contributed by atoms with Crippen LogP contribution in [0.25, 0.3) is 0 Å². The first-order valence-corrected chi connectivity index (χ1v) is 9.71. The maximum absolute atomic E-state index is 12.1. The molecule has 0 radical (unpaired) electrons. The Balaban J connectivity index is 1.31. The molecule has 0 atom stereocenters. The minimum atomic E-state index is -0.0246. The molecule has 0 aromatic carbocycles. The summed E-state index contributed by atoms with van der Waals surface area (Å²) in [6.45, 7) is 3.42. The minimum absolute atomic E-state index is 0.0246. The maximum Gasteiger partial charge on any atom is 0.229 e. The summed E-state index contributed by atoms with van der Waals surface area (Å²) in [5.41, 5.74) is 0.719. The highest BCUT2D eigenvalue weighted by Gasteiger charge is 2.19. The summed E-state index contributed by atoms with van der Waals surface area (Å²) in [6, 6.07) is 9.60. The fraction of sp³-hybridized carbons (Fsp3) is 0.263. The van der Waals surface area contributed by atoms with E-state index in [1.807, 2.05) is 35.7 Å². The van der Waals surface area contributed by atoms with Crippen molar-refractivity contribution in [3.05, 3.63) is 59.2 Å². The zero-order valence-corrected chi connectivity index (χ0v) is 15.6. The summed E-state index contributed by atoms with van der Waals surface area (Å²) in [7, 11) is 0. The van der Waals surface area contributed by atoms with Crippen LogP contribution in [-0.4, -0.2) is 47.0 Å². The smallest absolute Gasteiger partial charge is 0.229 e. The van der Waals surface area contributed by atoms with Gasteiger partial charge in [0.2, 0.25) is 11.9 Å². The second-order valence-corrected chi connectivity index (χ2v) is 7.26. The quantitative estimate of drug-likeness (QED) is 0.733. The number of hydrogen-bond acceptors (Lipinski definition) is 7. The van der Waals surface area contributed by atoms with E-state index in [-0.39, 0.29) is 5.91 Å². The molecule has 3 aromatic rings. The molecule has 0 saturated carbocycles. The van der Waals surface area contributed by atoms with Crippen LogP contribution in [0.15, 0.2) is 54.3 Å². The second-order valence-electron chi connectivity index (χ2n) is 6.23. The molecule has 4 rings (SSSR count). The number of amides is 1. The van der Waals surface area contributed by atoms with Crippen molar-refractivity contribution < 1.29 is 4.79 Å². The van der Waals surface area contributed by atoms with Crippen molar-refractivity contribution in [1.82, 2.24) is 15.0 Å². The zero-order chi connectivity index (χ0) is 18.5. The third kappa shape index (κ3) is 4.40. The Morgan fingerprint density at radius 3 is 2.44 bits per heavy atom. The molecular formula is C19H20N6OS. The van der Waals surface area contributed by atoms with Gasteiger partial charge in [-0.1, -0.05) is 6.07 Å². The van der Waals surface area contributed by atoms with Crippen molar-refractivity contribution in [2.45, 2.75) is 6.42 Å². The van der Waals surface area contributed by atoms with E-state index < -0.39 is 0 Å². The Hall–Kier alpha value is -3.00. The number of aromatic nitrogens is 3. The van der Waals surface area contributed by atoms with Gasteiger partial charge in [-0.25, -0.2) is 15.0 Å². The second kappa shape index (κ2) is 8.13. The molecule has 138 valence electrons. The van der Waals surface area contributed by atoms with Gasteiger partial charge in [-0.2, -0.15) is 0 Å². The van der Waals surface area contributed by atoms with Crippen LogP contribution in [0, 0.1) is 0 Å². The van der Waals surface area contributed by atoms with Gasteiger partial charge in [0.1, 0.15) is 5.82 Å². The van der Waals surface area contributed by atoms with Crippen LogP contribution >= 0.6 is 11.3 Å². The molecule has 4 heterocycles. The van der Waals surface area contributed by atoms with E-state index in [1.165, 1.54) is 0 Å². The summed E-state index contributed by atoms with van der Waals surface area (Å²) in [4.78, 5) is 30.7. The lowest BCUT2D eigenvalue weighted by molar-refractivity contribution is -0.115. The molecule has 27 heavy (non-hydrogen) atoms. The highest BCUT2D eigenvalue weighted by atomic mass is 32.1.